The summed E-state index contributed by atoms with van der Waals surface area (Å²) in [6, 6.07) is 18.1. The lowest BCUT2D eigenvalue weighted by atomic mass is 9.90. The molecule has 2 aromatic carbocycles. The molecule has 0 spiro atoms. The van der Waals surface area contributed by atoms with Gasteiger partial charge in [0.05, 0.1) is 12.0 Å². The van der Waals surface area contributed by atoms with E-state index in [1.807, 2.05) is 55.5 Å². The molecule has 0 aliphatic rings. The molecule has 2 aromatic rings. The SMILES string of the molecule is Cc1ccccc1C(C#N)Cc1ccc(Cl)cc1. The van der Waals surface area contributed by atoms with Crippen molar-refractivity contribution in [3.63, 3.8) is 0 Å². The minimum atomic E-state index is -0.104. The highest BCUT2D eigenvalue weighted by Crippen LogP contribution is 2.23. The van der Waals surface area contributed by atoms with Crippen molar-refractivity contribution >= 4 is 11.6 Å². The molecular formula is C16H14ClN. The zero-order valence-electron chi connectivity index (χ0n) is 10.2. The van der Waals surface area contributed by atoms with Crippen molar-refractivity contribution < 1.29 is 0 Å². The molecule has 0 radical (unpaired) electrons. The topological polar surface area (TPSA) is 23.8 Å². The highest BCUT2D eigenvalue weighted by Gasteiger charge is 2.13. The van der Waals surface area contributed by atoms with Crippen LogP contribution in [0.1, 0.15) is 22.6 Å². The molecule has 0 N–H and O–H groups in total. The monoisotopic (exact) mass is 255 g/mol. The molecular weight excluding hydrogens is 242 g/mol. The minimum absolute atomic E-state index is 0.104. The van der Waals surface area contributed by atoms with E-state index >= 15 is 0 Å². The standard InChI is InChI=1S/C16H14ClN/c1-12-4-2-3-5-16(12)14(11-18)10-13-6-8-15(17)9-7-13/h2-9,14H,10H2,1H3. The number of nitrogens with zero attached hydrogens (tertiary/aromatic N) is 1. The first-order valence-electron chi connectivity index (χ1n) is 5.90. The number of nitriles is 1. The van der Waals surface area contributed by atoms with Gasteiger partial charge in [-0.3, -0.25) is 0 Å². The summed E-state index contributed by atoms with van der Waals surface area (Å²) in [5.41, 5.74) is 3.40. The molecule has 1 nitrogen and oxygen atoms in total. The summed E-state index contributed by atoms with van der Waals surface area (Å²) in [4.78, 5) is 0. The minimum Gasteiger partial charge on any atom is -0.198 e. The van der Waals surface area contributed by atoms with Crippen LogP contribution in [0.2, 0.25) is 5.02 Å². The second-order valence-electron chi connectivity index (χ2n) is 4.37. The lowest BCUT2D eigenvalue weighted by Gasteiger charge is -2.12. The summed E-state index contributed by atoms with van der Waals surface area (Å²) in [6.45, 7) is 2.04. The third-order valence-corrected chi connectivity index (χ3v) is 3.32. The zero-order valence-corrected chi connectivity index (χ0v) is 11.0. The summed E-state index contributed by atoms with van der Waals surface area (Å²) >= 11 is 5.86. The third-order valence-electron chi connectivity index (χ3n) is 3.07. The Morgan fingerprint density at radius 2 is 1.78 bits per heavy atom. The van der Waals surface area contributed by atoms with Crippen molar-refractivity contribution in [3.05, 3.63) is 70.2 Å². The van der Waals surface area contributed by atoms with Crippen molar-refractivity contribution in [3.8, 4) is 6.07 Å². The first-order valence-corrected chi connectivity index (χ1v) is 6.28. The molecule has 90 valence electrons. The second kappa shape index (κ2) is 5.71. The van der Waals surface area contributed by atoms with E-state index in [9.17, 15) is 5.26 Å². The number of rotatable bonds is 3. The predicted molar refractivity (Wildman–Crippen MR) is 74.7 cm³/mol. The summed E-state index contributed by atoms with van der Waals surface area (Å²) in [5, 5.41) is 10.1. The molecule has 0 heterocycles. The van der Waals surface area contributed by atoms with Gasteiger partial charge in [-0.15, -0.1) is 0 Å². The van der Waals surface area contributed by atoms with Gasteiger partial charge in [0.2, 0.25) is 0 Å². The second-order valence-corrected chi connectivity index (χ2v) is 4.81. The summed E-state index contributed by atoms with van der Waals surface area (Å²) in [7, 11) is 0. The van der Waals surface area contributed by atoms with E-state index in [0.29, 0.717) is 0 Å². The molecule has 1 atom stereocenters. The number of benzene rings is 2. The maximum atomic E-state index is 9.34. The Morgan fingerprint density at radius 3 is 2.39 bits per heavy atom. The number of aryl methyl sites for hydroxylation is 1. The van der Waals surface area contributed by atoms with E-state index in [2.05, 4.69) is 6.07 Å². The molecule has 0 fully saturated rings. The highest BCUT2D eigenvalue weighted by atomic mass is 35.5. The predicted octanol–water partition coefficient (Wildman–Crippen LogP) is 4.50. The van der Waals surface area contributed by atoms with Gasteiger partial charge >= 0.3 is 0 Å². The van der Waals surface area contributed by atoms with E-state index in [1.165, 1.54) is 0 Å². The van der Waals surface area contributed by atoms with Gasteiger partial charge in [-0.05, 0) is 42.2 Å². The Hall–Kier alpha value is -1.78. The molecule has 18 heavy (non-hydrogen) atoms. The maximum Gasteiger partial charge on any atom is 0.0755 e. The Kier molecular flexibility index (Phi) is 4.02. The van der Waals surface area contributed by atoms with Crippen LogP contribution in [0.5, 0.6) is 0 Å². The van der Waals surface area contributed by atoms with Crippen LogP contribution in [0.15, 0.2) is 48.5 Å². The lowest BCUT2D eigenvalue weighted by molar-refractivity contribution is 0.841. The average molecular weight is 256 g/mol. The Morgan fingerprint density at radius 1 is 1.11 bits per heavy atom. The fraction of sp³-hybridized carbons (Fsp3) is 0.188. The van der Waals surface area contributed by atoms with Gasteiger partial charge in [0, 0.05) is 5.02 Å². The van der Waals surface area contributed by atoms with Crippen LogP contribution < -0.4 is 0 Å². The molecule has 1 unspecified atom stereocenters. The first kappa shape index (κ1) is 12.7. The van der Waals surface area contributed by atoms with Gasteiger partial charge in [0.1, 0.15) is 0 Å². The van der Waals surface area contributed by atoms with Gasteiger partial charge in [0.15, 0.2) is 0 Å². The van der Waals surface area contributed by atoms with E-state index in [1.54, 1.807) is 0 Å². The van der Waals surface area contributed by atoms with Gasteiger partial charge in [-0.1, -0.05) is 48.0 Å². The Balaban J connectivity index is 2.23. The van der Waals surface area contributed by atoms with Crippen LogP contribution in [-0.4, -0.2) is 0 Å². The first-order chi connectivity index (χ1) is 8.70. The fourth-order valence-electron chi connectivity index (χ4n) is 2.06. The third kappa shape index (κ3) is 2.91. The largest absolute Gasteiger partial charge is 0.198 e. The van der Waals surface area contributed by atoms with Crippen molar-refractivity contribution in [2.45, 2.75) is 19.3 Å². The van der Waals surface area contributed by atoms with E-state index in [4.69, 9.17) is 11.6 Å². The highest BCUT2D eigenvalue weighted by molar-refractivity contribution is 6.30. The van der Waals surface area contributed by atoms with Crippen LogP contribution in [0.3, 0.4) is 0 Å². The Labute approximate surface area is 113 Å². The van der Waals surface area contributed by atoms with Gasteiger partial charge in [-0.2, -0.15) is 5.26 Å². The average Bonchev–Trinajstić information content (AvgIpc) is 2.39. The summed E-state index contributed by atoms with van der Waals surface area (Å²) in [6.07, 6.45) is 0.721. The van der Waals surface area contributed by atoms with Gasteiger partial charge in [0.25, 0.3) is 0 Å². The number of hydrogen-bond donors (Lipinski definition) is 0. The van der Waals surface area contributed by atoms with Crippen LogP contribution in [-0.2, 0) is 6.42 Å². The molecule has 0 saturated heterocycles. The number of hydrogen-bond acceptors (Lipinski definition) is 1. The molecule has 0 bridgehead atoms. The van der Waals surface area contributed by atoms with Gasteiger partial charge in [-0.25, -0.2) is 0 Å². The van der Waals surface area contributed by atoms with Crippen molar-refractivity contribution in [1.29, 1.82) is 5.26 Å². The normalized spacial score (nSPS) is 11.8. The number of halogens is 1. The Bertz CT molecular complexity index is 566. The molecule has 2 heteroatoms. The van der Waals surface area contributed by atoms with E-state index in [0.717, 1.165) is 28.1 Å². The fourth-order valence-corrected chi connectivity index (χ4v) is 2.19. The summed E-state index contributed by atoms with van der Waals surface area (Å²) < 4.78 is 0. The van der Waals surface area contributed by atoms with Crippen molar-refractivity contribution in [2.75, 3.05) is 0 Å². The molecule has 0 amide bonds. The molecule has 2 rings (SSSR count). The molecule has 0 saturated carbocycles. The molecule has 0 aliphatic heterocycles. The smallest absolute Gasteiger partial charge is 0.0755 e. The molecule has 0 aromatic heterocycles. The van der Waals surface area contributed by atoms with Crippen molar-refractivity contribution in [2.24, 2.45) is 0 Å². The van der Waals surface area contributed by atoms with Crippen LogP contribution in [0.25, 0.3) is 0 Å². The summed E-state index contributed by atoms with van der Waals surface area (Å²) in [5.74, 6) is -0.104. The maximum absolute atomic E-state index is 9.34. The van der Waals surface area contributed by atoms with Crippen LogP contribution >= 0.6 is 11.6 Å². The van der Waals surface area contributed by atoms with Crippen LogP contribution in [0, 0.1) is 18.3 Å². The van der Waals surface area contributed by atoms with E-state index in [-0.39, 0.29) is 5.92 Å². The van der Waals surface area contributed by atoms with Crippen molar-refractivity contribution in [1.82, 2.24) is 0 Å². The van der Waals surface area contributed by atoms with Gasteiger partial charge < -0.3 is 0 Å². The van der Waals surface area contributed by atoms with E-state index < -0.39 is 0 Å². The lowest BCUT2D eigenvalue weighted by Crippen LogP contribution is -2.02. The zero-order chi connectivity index (χ0) is 13.0. The van der Waals surface area contributed by atoms with Crippen LogP contribution in [0.4, 0.5) is 0 Å². The molecule has 0 aliphatic carbocycles. The quantitative estimate of drug-likeness (QED) is 0.792.